The molecule has 0 fully saturated rings. The van der Waals surface area contributed by atoms with Gasteiger partial charge in [-0.2, -0.15) is 0 Å². The van der Waals surface area contributed by atoms with Crippen LogP contribution in [0, 0.1) is 5.92 Å². The third-order valence-electron chi connectivity index (χ3n) is 3.42. The molecule has 0 aliphatic rings. The van der Waals surface area contributed by atoms with Gasteiger partial charge in [0.25, 0.3) is 0 Å². The van der Waals surface area contributed by atoms with Crippen molar-refractivity contribution in [2.45, 2.75) is 26.8 Å². The maximum atomic E-state index is 4.48. The number of aliphatic imine (C=N–C) groups is 1. The van der Waals surface area contributed by atoms with Crippen LogP contribution in [-0.2, 0) is 6.54 Å². The van der Waals surface area contributed by atoms with Crippen molar-refractivity contribution >= 4 is 16.7 Å². The summed E-state index contributed by atoms with van der Waals surface area (Å²) >= 11 is 0. The summed E-state index contributed by atoms with van der Waals surface area (Å²) in [6.07, 6.45) is 2.99. The van der Waals surface area contributed by atoms with Crippen LogP contribution in [0.15, 0.2) is 41.5 Å². The van der Waals surface area contributed by atoms with Gasteiger partial charge in [-0.1, -0.05) is 38.1 Å². The smallest absolute Gasteiger partial charge is 0.191 e. The molecule has 1 aromatic carbocycles. The van der Waals surface area contributed by atoms with Gasteiger partial charge in [0, 0.05) is 25.2 Å². The van der Waals surface area contributed by atoms with E-state index in [1.54, 1.807) is 7.05 Å². The monoisotopic (exact) mass is 284 g/mol. The summed E-state index contributed by atoms with van der Waals surface area (Å²) in [4.78, 5) is 8.72. The number of benzene rings is 1. The van der Waals surface area contributed by atoms with Gasteiger partial charge < -0.3 is 10.6 Å². The van der Waals surface area contributed by atoms with Crippen LogP contribution in [0.1, 0.15) is 26.0 Å². The Hall–Kier alpha value is -2.10. The highest BCUT2D eigenvalue weighted by Crippen LogP contribution is 2.15. The van der Waals surface area contributed by atoms with E-state index in [1.165, 1.54) is 10.8 Å². The van der Waals surface area contributed by atoms with Crippen molar-refractivity contribution in [1.82, 2.24) is 15.6 Å². The third kappa shape index (κ3) is 4.45. The van der Waals surface area contributed by atoms with Crippen LogP contribution >= 0.6 is 0 Å². The van der Waals surface area contributed by atoms with Crippen molar-refractivity contribution in [2.75, 3.05) is 13.6 Å². The lowest BCUT2D eigenvalue weighted by Gasteiger charge is -2.13. The maximum Gasteiger partial charge on any atom is 0.191 e. The molecule has 0 spiro atoms. The van der Waals surface area contributed by atoms with Crippen LogP contribution in [-0.4, -0.2) is 24.5 Å². The maximum absolute atomic E-state index is 4.48. The lowest BCUT2D eigenvalue weighted by molar-refractivity contribution is 0.573. The molecule has 0 amide bonds. The molecule has 2 aromatic rings. The predicted molar refractivity (Wildman–Crippen MR) is 89.4 cm³/mol. The lowest BCUT2D eigenvalue weighted by Crippen LogP contribution is -2.37. The number of hydrogen-bond donors (Lipinski definition) is 2. The Bertz CT molecular complexity index is 599. The van der Waals surface area contributed by atoms with Gasteiger partial charge in [-0.05, 0) is 23.8 Å². The molecular weight excluding hydrogens is 260 g/mol. The number of nitrogens with one attached hydrogen (secondary N) is 2. The summed E-state index contributed by atoms with van der Waals surface area (Å²) in [6, 6.07) is 10.3. The van der Waals surface area contributed by atoms with E-state index < -0.39 is 0 Å². The first-order chi connectivity index (χ1) is 10.2. The standard InChI is InChI=1S/C17H24N4/c1-13(2)8-10-20-17(18-3)21-12-16-15-7-5-4-6-14(15)9-11-19-16/h4-7,9,11,13H,8,10,12H2,1-3H3,(H2,18,20,21). The highest BCUT2D eigenvalue weighted by atomic mass is 15.2. The van der Waals surface area contributed by atoms with Crippen LogP contribution in [0.3, 0.4) is 0 Å². The summed E-state index contributed by atoms with van der Waals surface area (Å²) in [5.41, 5.74) is 1.04. The Morgan fingerprint density at radius 1 is 1.19 bits per heavy atom. The van der Waals surface area contributed by atoms with Crippen molar-refractivity contribution < 1.29 is 0 Å². The molecule has 4 heteroatoms. The first-order valence-electron chi connectivity index (χ1n) is 7.48. The first kappa shape index (κ1) is 15.3. The number of pyridine rings is 1. The molecule has 0 saturated heterocycles. The highest BCUT2D eigenvalue weighted by Gasteiger charge is 2.03. The molecule has 112 valence electrons. The molecule has 21 heavy (non-hydrogen) atoms. The van der Waals surface area contributed by atoms with Gasteiger partial charge in [-0.3, -0.25) is 9.98 Å². The average Bonchev–Trinajstić information content (AvgIpc) is 2.50. The van der Waals surface area contributed by atoms with Crippen LogP contribution in [0.4, 0.5) is 0 Å². The number of guanidine groups is 1. The molecule has 4 nitrogen and oxygen atoms in total. The van der Waals surface area contributed by atoms with Crippen LogP contribution in [0.25, 0.3) is 10.8 Å². The van der Waals surface area contributed by atoms with E-state index in [0.717, 1.165) is 24.6 Å². The number of hydrogen-bond acceptors (Lipinski definition) is 2. The number of aromatic nitrogens is 1. The molecule has 2 rings (SSSR count). The Kier molecular flexibility index (Phi) is 5.55. The van der Waals surface area contributed by atoms with Crippen LogP contribution in [0.5, 0.6) is 0 Å². The van der Waals surface area contributed by atoms with E-state index in [2.05, 4.69) is 46.6 Å². The second-order valence-electron chi connectivity index (χ2n) is 5.51. The molecule has 1 aromatic heterocycles. The summed E-state index contributed by atoms with van der Waals surface area (Å²) in [6.45, 7) is 6.04. The normalized spacial score (nSPS) is 11.9. The van der Waals surface area contributed by atoms with Gasteiger partial charge in [0.1, 0.15) is 0 Å². The van der Waals surface area contributed by atoms with Gasteiger partial charge in [0.15, 0.2) is 5.96 Å². The molecule has 0 atom stereocenters. The molecule has 0 bridgehead atoms. The minimum Gasteiger partial charge on any atom is -0.356 e. The zero-order chi connectivity index (χ0) is 15.1. The van der Waals surface area contributed by atoms with Gasteiger partial charge in [-0.15, -0.1) is 0 Å². The first-order valence-corrected chi connectivity index (χ1v) is 7.48. The van der Waals surface area contributed by atoms with Crippen molar-refractivity contribution in [3.8, 4) is 0 Å². The molecule has 0 saturated carbocycles. The second kappa shape index (κ2) is 7.62. The van der Waals surface area contributed by atoms with E-state index in [-0.39, 0.29) is 0 Å². The molecule has 0 aliphatic heterocycles. The van der Waals surface area contributed by atoms with E-state index >= 15 is 0 Å². The van der Waals surface area contributed by atoms with Gasteiger partial charge >= 0.3 is 0 Å². The molecule has 2 N–H and O–H groups in total. The molecule has 0 radical (unpaired) electrons. The lowest BCUT2D eigenvalue weighted by atomic mass is 10.1. The Balaban J connectivity index is 1.97. The Labute approximate surface area is 126 Å². The van der Waals surface area contributed by atoms with Crippen molar-refractivity contribution in [1.29, 1.82) is 0 Å². The van der Waals surface area contributed by atoms with Crippen LogP contribution in [0.2, 0.25) is 0 Å². The Morgan fingerprint density at radius 3 is 2.76 bits per heavy atom. The zero-order valence-electron chi connectivity index (χ0n) is 13.1. The second-order valence-corrected chi connectivity index (χ2v) is 5.51. The van der Waals surface area contributed by atoms with Gasteiger partial charge in [0.2, 0.25) is 0 Å². The summed E-state index contributed by atoms with van der Waals surface area (Å²) in [5.74, 6) is 1.51. The summed E-state index contributed by atoms with van der Waals surface area (Å²) in [5, 5.41) is 9.06. The number of rotatable bonds is 5. The third-order valence-corrected chi connectivity index (χ3v) is 3.42. The largest absolute Gasteiger partial charge is 0.356 e. The SMILES string of the molecule is CN=C(NCCC(C)C)NCc1nccc2ccccc12. The Morgan fingerprint density at radius 2 is 2.00 bits per heavy atom. The average molecular weight is 284 g/mol. The topological polar surface area (TPSA) is 49.3 Å². The van der Waals surface area contributed by atoms with E-state index in [0.29, 0.717) is 12.5 Å². The van der Waals surface area contributed by atoms with E-state index in [1.807, 2.05) is 24.4 Å². The molecular formula is C17H24N4. The minimum absolute atomic E-state index is 0.669. The molecule has 0 unspecified atom stereocenters. The van der Waals surface area contributed by atoms with Crippen LogP contribution < -0.4 is 10.6 Å². The fourth-order valence-corrected chi connectivity index (χ4v) is 2.19. The van der Waals surface area contributed by atoms with Crippen molar-refractivity contribution in [2.24, 2.45) is 10.9 Å². The summed E-state index contributed by atoms with van der Waals surface area (Å²) < 4.78 is 0. The molecule has 0 aliphatic carbocycles. The van der Waals surface area contributed by atoms with Crippen molar-refractivity contribution in [3.63, 3.8) is 0 Å². The highest BCUT2D eigenvalue weighted by molar-refractivity contribution is 5.85. The number of fused-ring (bicyclic) bond motifs is 1. The zero-order valence-corrected chi connectivity index (χ0v) is 13.1. The molecule has 1 heterocycles. The number of nitrogens with zero attached hydrogens (tertiary/aromatic N) is 2. The minimum atomic E-state index is 0.669. The fourth-order valence-electron chi connectivity index (χ4n) is 2.19. The van der Waals surface area contributed by atoms with Gasteiger partial charge in [-0.25, -0.2) is 0 Å². The van der Waals surface area contributed by atoms with Gasteiger partial charge in [0.05, 0.1) is 12.2 Å². The van der Waals surface area contributed by atoms with E-state index in [4.69, 9.17) is 0 Å². The predicted octanol–water partition coefficient (Wildman–Crippen LogP) is 2.95. The fraction of sp³-hybridized carbons (Fsp3) is 0.412. The summed E-state index contributed by atoms with van der Waals surface area (Å²) in [7, 11) is 1.79. The van der Waals surface area contributed by atoms with Crippen molar-refractivity contribution in [3.05, 3.63) is 42.2 Å². The quantitative estimate of drug-likeness (QED) is 0.655. The van der Waals surface area contributed by atoms with E-state index in [9.17, 15) is 0 Å².